The maximum absolute atomic E-state index is 6.68. The first-order valence-electron chi connectivity index (χ1n) is 18.9. The molecule has 0 heterocycles. The van der Waals surface area contributed by atoms with Crippen LogP contribution in [0.2, 0.25) is 13.1 Å². The van der Waals surface area contributed by atoms with Crippen molar-refractivity contribution in [1.82, 2.24) is 0 Å². The Morgan fingerprint density at radius 1 is 0.660 bits per heavy atom. The fourth-order valence-corrected chi connectivity index (χ4v) is 11.9. The van der Waals surface area contributed by atoms with Gasteiger partial charge in [0.15, 0.2) is 0 Å². The Morgan fingerprint density at radius 2 is 1.18 bits per heavy atom. The minimum absolute atomic E-state index is 0.0484. The highest BCUT2D eigenvalue weighted by Gasteiger charge is 2.44. The highest BCUT2D eigenvalue weighted by Crippen LogP contribution is 2.52. The molecule has 5 aromatic rings. The van der Waals surface area contributed by atoms with E-state index >= 15 is 0 Å². The molecular formula is C48H56OSi. The quantitative estimate of drug-likeness (QED) is 0.0891. The van der Waals surface area contributed by atoms with E-state index in [0.717, 1.165) is 18.6 Å². The number of unbranched alkanes of at least 4 members (excludes halogenated alkanes) is 2. The van der Waals surface area contributed by atoms with Crippen LogP contribution in [0.15, 0.2) is 116 Å². The number of benzene rings is 5. The number of hydrogen-bond acceptors (Lipinski definition) is 1. The van der Waals surface area contributed by atoms with E-state index in [2.05, 4.69) is 157 Å². The Balaban J connectivity index is 1.58. The molecule has 1 aliphatic rings. The van der Waals surface area contributed by atoms with Crippen LogP contribution in [0.3, 0.4) is 0 Å². The van der Waals surface area contributed by atoms with E-state index in [1.54, 1.807) is 0 Å². The van der Waals surface area contributed by atoms with Crippen LogP contribution in [0.1, 0.15) is 93.7 Å². The van der Waals surface area contributed by atoms with Gasteiger partial charge in [0.05, 0.1) is 8.07 Å². The molecule has 1 aliphatic carbocycles. The van der Waals surface area contributed by atoms with Crippen molar-refractivity contribution >= 4 is 13.3 Å². The molecule has 6 rings (SSSR count). The number of para-hydroxylation sites is 1. The number of aryl methyl sites for hydroxylation is 2. The number of ether oxygens (including phenoxy) is 1. The van der Waals surface area contributed by atoms with E-state index < -0.39 is 8.07 Å². The van der Waals surface area contributed by atoms with Gasteiger partial charge in [0, 0.05) is 5.54 Å². The molecule has 0 saturated heterocycles. The van der Waals surface area contributed by atoms with Crippen LogP contribution in [-0.2, 0) is 18.3 Å². The normalized spacial score (nSPS) is 12.9. The molecule has 0 bridgehead atoms. The lowest BCUT2D eigenvalue weighted by Crippen LogP contribution is -2.49. The minimum atomic E-state index is -2.33. The van der Waals surface area contributed by atoms with Gasteiger partial charge < -0.3 is 4.74 Å². The van der Waals surface area contributed by atoms with Crippen LogP contribution in [0.25, 0.3) is 33.4 Å². The Kier molecular flexibility index (Phi) is 10.7. The zero-order valence-corrected chi connectivity index (χ0v) is 32.5. The summed E-state index contributed by atoms with van der Waals surface area (Å²) in [5.74, 6) is 1.06. The average molecular weight is 677 g/mol. The molecule has 2 heteroatoms. The van der Waals surface area contributed by atoms with Crippen molar-refractivity contribution in [3.8, 4) is 39.1 Å². The molecule has 5 aromatic carbocycles. The van der Waals surface area contributed by atoms with E-state index in [4.69, 9.17) is 4.74 Å². The maximum Gasteiger partial charge on any atom is 0.122 e. The number of rotatable bonds is 13. The van der Waals surface area contributed by atoms with Crippen molar-refractivity contribution in [3.05, 3.63) is 144 Å². The summed E-state index contributed by atoms with van der Waals surface area (Å²) in [5, 5.41) is 1.39. The first kappa shape index (κ1) is 35.7. The third-order valence-electron chi connectivity index (χ3n) is 10.9. The highest BCUT2D eigenvalue weighted by molar-refractivity contribution is 6.92. The Morgan fingerprint density at radius 3 is 1.66 bits per heavy atom. The van der Waals surface area contributed by atoms with E-state index in [1.165, 1.54) is 92.1 Å². The van der Waals surface area contributed by atoms with E-state index in [1.807, 2.05) is 6.08 Å². The topological polar surface area (TPSA) is 9.23 Å². The molecule has 0 spiro atoms. The van der Waals surface area contributed by atoms with E-state index in [9.17, 15) is 0 Å². The molecule has 0 N–H and O–H groups in total. The van der Waals surface area contributed by atoms with Gasteiger partial charge in [0.25, 0.3) is 0 Å². The van der Waals surface area contributed by atoms with Gasteiger partial charge in [-0.25, -0.2) is 0 Å². The molecule has 0 aromatic heterocycles. The van der Waals surface area contributed by atoms with Crippen molar-refractivity contribution < 1.29 is 4.74 Å². The summed E-state index contributed by atoms with van der Waals surface area (Å²) in [4.78, 5) is 0. The lowest BCUT2D eigenvalue weighted by atomic mass is 9.86. The van der Waals surface area contributed by atoms with Gasteiger partial charge >= 0.3 is 0 Å². The highest BCUT2D eigenvalue weighted by atomic mass is 28.3. The van der Waals surface area contributed by atoms with Crippen molar-refractivity contribution in [2.24, 2.45) is 0 Å². The predicted octanol–water partition coefficient (Wildman–Crippen LogP) is 12.8. The second kappa shape index (κ2) is 15.0. The Hall–Kier alpha value is -4.14. The molecule has 0 aliphatic heterocycles. The lowest BCUT2D eigenvalue weighted by Gasteiger charge is -2.35. The Labute approximate surface area is 303 Å². The summed E-state index contributed by atoms with van der Waals surface area (Å²) in [5.41, 5.74) is 15.5. The smallest absolute Gasteiger partial charge is 0.122 e. The third-order valence-corrected chi connectivity index (χ3v) is 14.7. The van der Waals surface area contributed by atoms with Gasteiger partial charge in [-0.1, -0.05) is 176 Å². The van der Waals surface area contributed by atoms with Gasteiger partial charge in [-0.3, -0.25) is 0 Å². The molecule has 0 unspecified atom stereocenters. The zero-order chi connectivity index (χ0) is 35.5. The first-order chi connectivity index (χ1) is 24.1. The molecule has 0 amide bonds. The van der Waals surface area contributed by atoms with Gasteiger partial charge in [0.1, 0.15) is 12.4 Å². The maximum atomic E-state index is 6.68. The number of hydrogen-bond donors (Lipinski definition) is 0. The van der Waals surface area contributed by atoms with Crippen LogP contribution in [0, 0.1) is 0 Å². The summed E-state index contributed by atoms with van der Waals surface area (Å²) in [6.07, 6.45) is 8.90. The van der Waals surface area contributed by atoms with Gasteiger partial charge in [-0.2, -0.15) is 0 Å². The SMILES string of the molecule is C=CCOc1c(C(C)(C)C)cccc1[Si](C)(C)C1c2cc(-c3ccccc3CCCC)ccc2-c2ccc(-c3ccccc3CCCC)cc21. The summed E-state index contributed by atoms with van der Waals surface area (Å²) < 4.78 is 6.68. The van der Waals surface area contributed by atoms with E-state index in [-0.39, 0.29) is 11.0 Å². The van der Waals surface area contributed by atoms with Gasteiger partial charge in [-0.05, 0) is 97.5 Å². The Bertz CT molecular complexity index is 1870. The monoisotopic (exact) mass is 676 g/mol. The fraction of sp³-hybridized carbons (Fsp3) is 0.333. The minimum Gasteiger partial charge on any atom is -0.489 e. The van der Waals surface area contributed by atoms with E-state index in [0.29, 0.717) is 6.61 Å². The third kappa shape index (κ3) is 6.92. The molecule has 0 fully saturated rings. The van der Waals surface area contributed by atoms with Gasteiger partial charge in [-0.15, -0.1) is 0 Å². The van der Waals surface area contributed by atoms with Crippen molar-refractivity contribution in [1.29, 1.82) is 0 Å². The summed E-state index contributed by atoms with van der Waals surface area (Å²) in [7, 11) is -2.33. The van der Waals surface area contributed by atoms with Crippen molar-refractivity contribution in [3.63, 3.8) is 0 Å². The lowest BCUT2D eigenvalue weighted by molar-refractivity contribution is 0.354. The van der Waals surface area contributed by atoms with Crippen LogP contribution in [0.4, 0.5) is 0 Å². The van der Waals surface area contributed by atoms with Gasteiger partial charge in [0.2, 0.25) is 0 Å². The predicted molar refractivity (Wildman–Crippen MR) is 220 cm³/mol. The second-order valence-corrected chi connectivity index (χ2v) is 20.4. The molecular weight excluding hydrogens is 621 g/mol. The van der Waals surface area contributed by atoms with Crippen molar-refractivity contribution in [2.45, 2.75) is 97.2 Å². The standard InChI is InChI=1S/C48H56OSi/c1-9-12-19-34-21-14-16-23-38(34)36-27-29-40-41-30-28-37(39-24-17-15-22-35(39)20-13-10-2)33-43(41)47(42(40)32-36)50(7,8)45-26-18-25-44(48(4,5)6)46(45)49-31-11-3/h11,14-18,21-30,32-33,47H,3,9-10,12-13,19-20,31H2,1-2,4-8H3. The fourth-order valence-electron chi connectivity index (χ4n) is 8.24. The molecule has 0 saturated carbocycles. The summed E-state index contributed by atoms with van der Waals surface area (Å²) >= 11 is 0. The number of fused-ring (bicyclic) bond motifs is 3. The van der Waals surface area contributed by atoms with Crippen LogP contribution < -0.4 is 9.92 Å². The molecule has 258 valence electrons. The van der Waals surface area contributed by atoms with Crippen molar-refractivity contribution in [2.75, 3.05) is 6.61 Å². The zero-order valence-electron chi connectivity index (χ0n) is 31.5. The second-order valence-electron chi connectivity index (χ2n) is 15.8. The molecule has 1 nitrogen and oxygen atoms in total. The summed E-state index contributed by atoms with van der Waals surface area (Å²) in [6, 6.07) is 39.7. The van der Waals surface area contributed by atoms with Crippen LogP contribution in [-0.4, -0.2) is 14.7 Å². The van der Waals surface area contributed by atoms with Crippen LogP contribution >= 0.6 is 0 Å². The molecule has 0 radical (unpaired) electrons. The van der Waals surface area contributed by atoms with Crippen LogP contribution in [0.5, 0.6) is 5.75 Å². The summed E-state index contributed by atoms with van der Waals surface area (Å²) in [6.45, 7) is 21.1. The molecule has 0 atom stereocenters. The largest absolute Gasteiger partial charge is 0.489 e. The first-order valence-corrected chi connectivity index (χ1v) is 22.0. The molecule has 50 heavy (non-hydrogen) atoms. The average Bonchev–Trinajstić information content (AvgIpc) is 3.45.